The Morgan fingerprint density at radius 1 is 0.815 bits per heavy atom. The molecule has 0 radical (unpaired) electrons. The van der Waals surface area contributed by atoms with Crippen LogP contribution in [0.25, 0.3) is 0 Å². The van der Waals surface area contributed by atoms with E-state index in [9.17, 15) is 4.79 Å². The first-order chi connectivity index (χ1) is 13.2. The quantitative estimate of drug-likeness (QED) is 0.494. The van der Waals surface area contributed by atoms with Crippen LogP contribution in [-0.4, -0.2) is 12.6 Å². The summed E-state index contributed by atoms with van der Waals surface area (Å²) >= 11 is 5.83. The van der Waals surface area contributed by atoms with Crippen LogP contribution in [0.4, 0.5) is 16.2 Å². The molecule has 0 saturated heterocycles. The zero-order chi connectivity index (χ0) is 18.9. The topological polar surface area (TPSA) is 50.4 Å². The minimum atomic E-state index is -0.311. The van der Waals surface area contributed by atoms with Crippen molar-refractivity contribution in [2.45, 2.75) is 12.8 Å². The second-order valence-corrected chi connectivity index (χ2v) is 6.48. The van der Waals surface area contributed by atoms with Gasteiger partial charge in [-0.25, -0.2) is 4.79 Å². The maximum Gasteiger partial charge on any atom is 0.323 e. The number of amides is 2. The van der Waals surface area contributed by atoms with E-state index in [2.05, 4.69) is 22.8 Å². The molecule has 0 spiro atoms. The van der Waals surface area contributed by atoms with Gasteiger partial charge in [0.2, 0.25) is 0 Å². The van der Waals surface area contributed by atoms with Gasteiger partial charge in [0.05, 0.1) is 6.61 Å². The third-order valence-corrected chi connectivity index (χ3v) is 4.19. The Labute approximate surface area is 164 Å². The Hall–Kier alpha value is -2.98. The number of benzene rings is 3. The zero-order valence-electron chi connectivity index (χ0n) is 14.8. The highest BCUT2D eigenvalue weighted by molar-refractivity contribution is 6.30. The highest BCUT2D eigenvalue weighted by Crippen LogP contribution is 2.17. The maximum absolute atomic E-state index is 12.0. The number of anilines is 2. The first kappa shape index (κ1) is 18.8. The van der Waals surface area contributed by atoms with Crippen LogP contribution in [0.5, 0.6) is 5.75 Å². The number of aryl methyl sites for hydroxylation is 1. The van der Waals surface area contributed by atoms with Gasteiger partial charge in [-0.15, -0.1) is 0 Å². The van der Waals surface area contributed by atoms with Crippen LogP contribution in [0.15, 0.2) is 78.9 Å². The fourth-order valence-corrected chi connectivity index (χ4v) is 2.70. The average molecular weight is 381 g/mol. The number of ether oxygens (including phenoxy) is 1. The van der Waals surface area contributed by atoms with Crippen molar-refractivity contribution in [1.82, 2.24) is 0 Å². The van der Waals surface area contributed by atoms with Gasteiger partial charge in [0, 0.05) is 16.4 Å². The zero-order valence-corrected chi connectivity index (χ0v) is 15.6. The molecule has 27 heavy (non-hydrogen) atoms. The molecule has 3 rings (SSSR count). The van der Waals surface area contributed by atoms with Crippen LogP contribution in [0.3, 0.4) is 0 Å². The average Bonchev–Trinajstić information content (AvgIpc) is 2.69. The first-order valence-corrected chi connectivity index (χ1v) is 9.17. The number of urea groups is 1. The molecule has 0 aliphatic carbocycles. The van der Waals surface area contributed by atoms with Crippen molar-refractivity contribution in [2.24, 2.45) is 0 Å². The van der Waals surface area contributed by atoms with Crippen LogP contribution in [0.1, 0.15) is 12.0 Å². The van der Waals surface area contributed by atoms with Crippen molar-refractivity contribution in [3.05, 3.63) is 89.4 Å². The van der Waals surface area contributed by atoms with E-state index < -0.39 is 0 Å². The second-order valence-electron chi connectivity index (χ2n) is 6.05. The van der Waals surface area contributed by atoms with Crippen molar-refractivity contribution in [3.63, 3.8) is 0 Å². The lowest BCUT2D eigenvalue weighted by Gasteiger charge is -2.09. The molecule has 2 N–H and O–H groups in total. The van der Waals surface area contributed by atoms with Crippen molar-refractivity contribution in [3.8, 4) is 5.75 Å². The number of halogens is 1. The summed E-state index contributed by atoms with van der Waals surface area (Å²) < 4.78 is 5.75. The summed E-state index contributed by atoms with van der Waals surface area (Å²) in [6.45, 7) is 0.652. The SMILES string of the molecule is O=C(Nc1ccc(Cl)cc1)Nc1ccc(OCCCc2ccccc2)cc1. The predicted octanol–water partition coefficient (Wildman–Crippen LogP) is 6.00. The minimum Gasteiger partial charge on any atom is -0.494 e. The molecule has 0 atom stereocenters. The van der Waals surface area contributed by atoms with Crippen molar-refractivity contribution in [1.29, 1.82) is 0 Å². The molecule has 0 aliphatic rings. The van der Waals surface area contributed by atoms with Gasteiger partial charge in [0.1, 0.15) is 5.75 Å². The van der Waals surface area contributed by atoms with Crippen LogP contribution in [0.2, 0.25) is 5.02 Å². The monoisotopic (exact) mass is 380 g/mol. The normalized spacial score (nSPS) is 10.3. The molecule has 0 bridgehead atoms. The smallest absolute Gasteiger partial charge is 0.323 e. The van der Waals surface area contributed by atoms with Crippen molar-refractivity contribution in [2.75, 3.05) is 17.2 Å². The third-order valence-electron chi connectivity index (χ3n) is 3.94. The Morgan fingerprint density at radius 2 is 1.41 bits per heavy atom. The number of carbonyl (C=O) groups excluding carboxylic acids is 1. The van der Waals surface area contributed by atoms with Gasteiger partial charge < -0.3 is 15.4 Å². The lowest BCUT2D eigenvalue weighted by Crippen LogP contribution is -2.19. The lowest BCUT2D eigenvalue weighted by atomic mass is 10.1. The van der Waals surface area contributed by atoms with Crippen LogP contribution < -0.4 is 15.4 Å². The summed E-state index contributed by atoms with van der Waals surface area (Å²) in [5.74, 6) is 0.784. The largest absolute Gasteiger partial charge is 0.494 e. The number of rotatable bonds is 7. The Bertz CT molecular complexity index is 850. The molecular weight excluding hydrogens is 360 g/mol. The Morgan fingerprint density at radius 3 is 2.04 bits per heavy atom. The molecule has 0 aliphatic heterocycles. The second kappa shape index (κ2) is 9.64. The summed E-state index contributed by atoms with van der Waals surface area (Å²) in [6.07, 6.45) is 1.94. The van der Waals surface area contributed by atoms with E-state index in [-0.39, 0.29) is 6.03 Å². The molecule has 3 aromatic carbocycles. The standard InChI is InChI=1S/C22H21ClN2O2/c23-18-8-10-19(11-9-18)24-22(26)25-20-12-14-21(15-13-20)27-16-4-7-17-5-2-1-3-6-17/h1-3,5-6,8-15H,4,7,16H2,(H2,24,25,26). The van der Waals surface area contributed by atoms with E-state index >= 15 is 0 Å². The molecule has 4 nitrogen and oxygen atoms in total. The van der Waals surface area contributed by atoms with Crippen LogP contribution in [-0.2, 0) is 6.42 Å². The Balaban J connectivity index is 1.41. The fraction of sp³-hybridized carbons (Fsp3) is 0.136. The van der Waals surface area contributed by atoms with E-state index in [1.807, 2.05) is 42.5 Å². The van der Waals surface area contributed by atoms with Gasteiger partial charge in [-0.1, -0.05) is 41.9 Å². The van der Waals surface area contributed by atoms with Crippen LogP contribution in [0, 0.1) is 0 Å². The van der Waals surface area contributed by atoms with Gasteiger partial charge in [0.15, 0.2) is 0 Å². The van der Waals surface area contributed by atoms with E-state index in [1.165, 1.54) is 5.56 Å². The summed E-state index contributed by atoms with van der Waals surface area (Å²) in [6, 6.07) is 24.3. The number of hydrogen-bond acceptors (Lipinski definition) is 2. The minimum absolute atomic E-state index is 0.311. The fourth-order valence-electron chi connectivity index (χ4n) is 2.57. The first-order valence-electron chi connectivity index (χ1n) is 8.79. The molecule has 0 heterocycles. The van der Waals surface area contributed by atoms with Crippen molar-refractivity contribution < 1.29 is 9.53 Å². The molecule has 2 amide bonds. The highest BCUT2D eigenvalue weighted by Gasteiger charge is 2.03. The van der Waals surface area contributed by atoms with Gasteiger partial charge in [0.25, 0.3) is 0 Å². The summed E-state index contributed by atoms with van der Waals surface area (Å²) in [7, 11) is 0. The van der Waals surface area contributed by atoms with E-state index in [0.29, 0.717) is 23.0 Å². The third kappa shape index (κ3) is 6.35. The van der Waals surface area contributed by atoms with E-state index in [4.69, 9.17) is 16.3 Å². The summed E-state index contributed by atoms with van der Waals surface area (Å²) in [5, 5.41) is 6.16. The molecular formula is C22H21ClN2O2. The highest BCUT2D eigenvalue weighted by atomic mass is 35.5. The summed E-state index contributed by atoms with van der Waals surface area (Å²) in [5.41, 5.74) is 2.68. The maximum atomic E-state index is 12.0. The molecule has 0 unspecified atom stereocenters. The molecule has 138 valence electrons. The van der Waals surface area contributed by atoms with Crippen LogP contribution >= 0.6 is 11.6 Å². The molecule has 0 aromatic heterocycles. The summed E-state index contributed by atoms with van der Waals surface area (Å²) in [4.78, 5) is 12.0. The number of nitrogens with one attached hydrogen (secondary N) is 2. The van der Waals surface area contributed by atoms with E-state index in [0.717, 1.165) is 18.6 Å². The van der Waals surface area contributed by atoms with Gasteiger partial charge in [-0.3, -0.25) is 0 Å². The molecule has 5 heteroatoms. The van der Waals surface area contributed by atoms with E-state index in [1.54, 1.807) is 24.3 Å². The number of hydrogen-bond donors (Lipinski definition) is 2. The molecule has 0 fully saturated rings. The van der Waals surface area contributed by atoms with Gasteiger partial charge >= 0.3 is 6.03 Å². The predicted molar refractivity (Wildman–Crippen MR) is 111 cm³/mol. The number of carbonyl (C=O) groups is 1. The Kier molecular flexibility index (Phi) is 6.72. The molecule has 3 aromatic rings. The van der Waals surface area contributed by atoms with Gasteiger partial charge in [-0.05, 0) is 66.9 Å². The van der Waals surface area contributed by atoms with Gasteiger partial charge in [-0.2, -0.15) is 0 Å². The van der Waals surface area contributed by atoms with Crippen molar-refractivity contribution >= 4 is 29.0 Å². The lowest BCUT2D eigenvalue weighted by molar-refractivity contribution is 0.262. The molecule has 0 saturated carbocycles.